The average Bonchev–Trinajstić information content (AvgIpc) is 3.40. The van der Waals surface area contributed by atoms with Crippen LogP contribution in [0.25, 0.3) is 5.69 Å². The minimum Gasteiger partial charge on any atom is -0.245 e. The summed E-state index contributed by atoms with van der Waals surface area (Å²) >= 11 is 5.01. The number of aromatic nitrogens is 3. The van der Waals surface area contributed by atoms with Gasteiger partial charge in [-0.1, -0.05) is 63.4 Å². The van der Waals surface area contributed by atoms with E-state index in [-0.39, 0.29) is 34.3 Å². The first kappa shape index (κ1) is 16.2. The fourth-order valence-electron chi connectivity index (χ4n) is 8.57. The minimum atomic E-state index is -0.117. The molecule has 0 N–H and O–H groups in total. The molecule has 1 aromatic carbocycles. The van der Waals surface area contributed by atoms with Crippen LogP contribution in [0.4, 0.5) is 0 Å². The first-order valence-corrected chi connectivity index (χ1v) is 12.9. The second-order valence-electron chi connectivity index (χ2n) is 8.98. The SMILES string of the molecule is O=c1n(-c2ccccc2)c(=O)n2n1[C@H]1[C@H]3C4C5[C@]1(CCI)[C@]5(CCI)[C@@H]2[C@@H]43. The van der Waals surface area contributed by atoms with Crippen molar-refractivity contribution >= 4 is 45.2 Å². The molecule has 4 aliphatic carbocycles. The quantitative estimate of drug-likeness (QED) is 0.400. The number of halogens is 2. The van der Waals surface area contributed by atoms with E-state index in [4.69, 9.17) is 0 Å². The summed E-state index contributed by atoms with van der Waals surface area (Å²) in [5.74, 6) is 2.85. The molecule has 0 spiro atoms. The number of alkyl halides is 2. The van der Waals surface area contributed by atoms with Crippen LogP contribution >= 0.6 is 45.2 Å². The van der Waals surface area contributed by atoms with E-state index in [0.717, 1.165) is 20.7 Å². The highest BCUT2D eigenvalue weighted by molar-refractivity contribution is 14.1. The molecule has 6 atom stereocenters. The summed E-state index contributed by atoms with van der Waals surface area (Å²) in [6.07, 6.45) is 2.40. The van der Waals surface area contributed by atoms with E-state index in [2.05, 4.69) is 45.2 Å². The Balaban J connectivity index is 1.52. The van der Waals surface area contributed by atoms with Crippen molar-refractivity contribution < 1.29 is 0 Å². The van der Waals surface area contributed by atoms with Crippen molar-refractivity contribution in [3.63, 3.8) is 0 Å². The Labute approximate surface area is 183 Å². The summed E-state index contributed by atoms with van der Waals surface area (Å²) in [7, 11) is 0. The van der Waals surface area contributed by atoms with E-state index in [9.17, 15) is 9.59 Å². The molecule has 27 heavy (non-hydrogen) atoms. The van der Waals surface area contributed by atoms with Crippen molar-refractivity contribution in [3.8, 4) is 5.69 Å². The molecule has 2 aliphatic heterocycles. The molecule has 0 amide bonds. The van der Waals surface area contributed by atoms with Crippen LogP contribution in [0.5, 0.6) is 0 Å². The van der Waals surface area contributed by atoms with Crippen LogP contribution < -0.4 is 11.4 Å². The topological polar surface area (TPSA) is 48.9 Å². The molecule has 4 saturated carbocycles. The highest BCUT2D eigenvalue weighted by atomic mass is 127. The zero-order valence-corrected chi connectivity index (χ0v) is 18.9. The van der Waals surface area contributed by atoms with Crippen molar-refractivity contribution in [2.24, 2.45) is 34.5 Å². The lowest BCUT2D eigenvalue weighted by Crippen LogP contribution is -2.53. The third-order valence-corrected chi connectivity index (χ3v) is 9.90. The maximum absolute atomic E-state index is 13.5. The molecule has 0 saturated heterocycles. The zero-order chi connectivity index (χ0) is 18.3. The van der Waals surface area contributed by atoms with Gasteiger partial charge in [0.25, 0.3) is 0 Å². The lowest BCUT2D eigenvalue weighted by molar-refractivity contribution is -0.00254. The number of benzene rings is 1. The standard InChI is InChI=1S/C20H19I2N3O2/c21-8-6-19-14-11-12-13(11)16(20(14,19)7-9-22)25-18(27)23(10-4-2-1-3-5-10)17(26)24(25)15(12)19/h1-5,11-16H,6-9H2/t11?,12-,13-,14?,15-,16-,19-,20-/m0/s1. The highest BCUT2D eigenvalue weighted by Gasteiger charge is 3.02. The van der Waals surface area contributed by atoms with Gasteiger partial charge in [-0.2, -0.15) is 0 Å². The number of nitrogens with zero attached hydrogens (tertiary/aromatic N) is 3. The summed E-state index contributed by atoms with van der Waals surface area (Å²) in [5.41, 5.74) is 1.03. The lowest BCUT2D eigenvalue weighted by Gasteiger charge is -2.48. The largest absolute Gasteiger partial charge is 0.352 e. The second-order valence-corrected chi connectivity index (χ2v) is 11.1. The smallest absolute Gasteiger partial charge is 0.245 e. The fraction of sp³-hybridized carbons (Fsp3) is 0.600. The van der Waals surface area contributed by atoms with E-state index in [1.807, 2.05) is 39.7 Å². The van der Waals surface area contributed by atoms with Crippen LogP contribution in [0, 0.1) is 34.5 Å². The number of rotatable bonds is 5. The predicted molar refractivity (Wildman–Crippen MR) is 118 cm³/mol. The second kappa shape index (κ2) is 4.76. The Morgan fingerprint density at radius 3 is 1.81 bits per heavy atom. The molecule has 6 aliphatic rings. The van der Waals surface area contributed by atoms with E-state index in [1.165, 1.54) is 17.4 Å². The van der Waals surface area contributed by atoms with Gasteiger partial charge in [0.15, 0.2) is 0 Å². The van der Waals surface area contributed by atoms with Gasteiger partial charge in [0.1, 0.15) is 0 Å². The Hall–Kier alpha value is -0.580. The van der Waals surface area contributed by atoms with E-state index >= 15 is 0 Å². The molecule has 4 fully saturated rings. The van der Waals surface area contributed by atoms with Gasteiger partial charge in [-0.15, -0.1) is 0 Å². The molecule has 2 bridgehead atoms. The van der Waals surface area contributed by atoms with Crippen molar-refractivity contribution in [3.05, 3.63) is 51.3 Å². The van der Waals surface area contributed by atoms with Crippen LogP contribution in [0.2, 0.25) is 0 Å². The molecular weight excluding hydrogens is 568 g/mol. The summed E-state index contributed by atoms with van der Waals surface area (Å²) in [4.78, 5) is 26.9. The first-order chi connectivity index (χ1) is 13.2. The third-order valence-electron chi connectivity index (χ3n) is 8.82. The van der Waals surface area contributed by atoms with Crippen molar-refractivity contribution in [1.29, 1.82) is 0 Å². The van der Waals surface area contributed by atoms with E-state index in [0.29, 0.717) is 17.5 Å². The van der Waals surface area contributed by atoms with Crippen LogP contribution in [0.1, 0.15) is 24.9 Å². The van der Waals surface area contributed by atoms with Gasteiger partial charge < -0.3 is 0 Å². The van der Waals surface area contributed by atoms with Crippen molar-refractivity contribution in [1.82, 2.24) is 13.9 Å². The van der Waals surface area contributed by atoms with Gasteiger partial charge in [0.2, 0.25) is 0 Å². The third kappa shape index (κ3) is 1.38. The minimum absolute atomic E-state index is 0.117. The van der Waals surface area contributed by atoms with Crippen LogP contribution in [-0.2, 0) is 0 Å². The maximum Gasteiger partial charge on any atom is 0.352 e. The van der Waals surface area contributed by atoms with Crippen molar-refractivity contribution in [2.45, 2.75) is 24.9 Å². The monoisotopic (exact) mass is 587 g/mol. The van der Waals surface area contributed by atoms with Gasteiger partial charge >= 0.3 is 11.4 Å². The van der Waals surface area contributed by atoms with Gasteiger partial charge in [-0.05, 0) is 48.6 Å². The summed E-state index contributed by atoms with van der Waals surface area (Å²) in [5, 5.41) is 0. The molecule has 8 rings (SSSR count). The zero-order valence-electron chi connectivity index (χ0n) is 14.6. The molecule has 1 aromatic heterocycles. The van der Waals surface area contributed by atoms with Gasteiger partial charge in [-0.25, -0.2) is 23.5 Å². The van der Waals surface area contributed by atoms with Crippen LogP contribution in [0.3, 0.4) is 0 Å². The Morgan fingerprint density at radius 2 is 1.33 bits per heavy atom. The number of para-hydroxylation sites is 1. The van der Waals surface area contributed by atoms with E-state index < -0.39 is 0 Å². The normalized spacial score (nSPS) is 45.9. The molecule has 0 unspecified atom stereocenters. The highest BCUT2D eigenvalue weighted by Crippen LogP contribution is 3.03. The Morgan fingerprint density at radius 1 is 0.815 bits per heavy atom. The predicted octanol–water partition coefficient (Wildman–Crippen LogP) is 3.04. The molecule has 0 radical (unpaired) electrons. The van der Waals surface area contributed by atoms with Crippen molar-refractivity contribution in [2.75, 3.05) is 8.86 Å². The first-order valence-electron chi connectivity index (χ1n) is 9.80. The fourth-order valence-corrected chi connectivity index (χ4v) is 10.4. The molecular formula is C20H19I2N3O2. The molecule has 5 nitrogen and oxygen atoms in total. The average molecular weight is 587 g/mol. The van der Waals surface area contributed by atoms with Gasteiger partial charge in [0, 0.05) is 19.7 Å². The molecule has 2 aromatic rings. The Bertz CT molecular complexity index is 1050. The molecule has 140 valence electrons. The summed E-state index contributed by atoms with van der Waals surface area (Å²) < 4.78 is 7.55. The van der Waals surface area contributed by atoms with Crippen LogP contribution in [-0.4, -0.2) is 22.8 Å². The number of hydrogen-bond acceptors (Lipinski definition) is 2. The Kier molecular flexibility index (Phi) is 2.86. The lowest BCUT2D eigenvalue weighted by atomic mass is 9.69. The van der Waals surface area contributed by atoms with Gasteiger partial charge in [0.05, 0.1) is 17.8 Å². The van der Waals surface area contributed by atoms with Gasteiger partial charge in [-0.3, -0.25) is 0 Å². The maximum atomic E-state index is 13.5. The summed E-state index contributed by atoms with van der Waals surface area (Å²) in [6.45, 7) is 0. The van der Waals surface area contributed by atoms with Crippen LogP contribution in [0.15, 0.2) is 39.9 Å². The van der Waals surface area contributed by atoms with E-state index in [1.54, 1.807) is 0 Å². The molecule has 7 heteroatoms. The molecule has 3 heterocycles. The number of hydrogen-bond donors (Lipinski definition) is 0. The summed E-state index contributed by atoms with van der Waals surface area (Å²) in [6, 6.07) is 9.95.